The van der Waals surface area contributed by atoms with Gasteiger partial charge in [-0.2, -0.15) is 13.2 Å². The van der Waals surface area contributed by atoms with Crippen molar-refractivity contribution >= 4 is 23.4 Å². The zero-order valence-corrected chi connectivity index (χ0v) is 14.1. The molecular formula is C17H13F3N2O3S. The highest BCUT2D eigenvalue weighted by Crippen LogP contribution is 2.40. The Morgan fingerprint density at radius 2 is 1.92 bits per heavy atom. The largest absolute Gasteiger partial charge is 0.416 e. The van der Waals surface area contributed by atoms with Crippen molar-refractivity contribution in [2.45, 2.75) is 11.6 Å². The number of nitro groups is 1. The molecule has 0 saturated carbocycles. The van der Waals surface area contributed by atoms with Gasteiger partial charge in [0.05, 0.1) is 10.5 Å². The van der Waals surface area contributed by atoms with Crippen LogP contribution in [0.4, 0.5) is 18.9 Å². The lowest BCUT2D eigenvalue weighted by Crippen LogP contribution is -2.30. The molecule has 1 saturated heterocycles. The van der Waals surface area contributed by atoms with E-state index in [0.29, 0.717) is 17.9 Å². The van der Waals surface area contributed by atoms with Gasteiger partial charge in [-0.3, -0.25) is 14.9 Å². The Morgan fingerprint density at radius 3 is 2.62 bits per heavy atom. The third kappa shape index (κ3) is 3.67. The molecule has 0 bridgehead atoms. The summed E-state index contributed by atoms with van der Waals surface area (Å²) in [5.41, 5.74) is -0.469. The molecule has 2 aromatic carbocycles. The molecule has 1 fully saturated rings. The Hall–Kier alpha value is -2.55. The quantitative estimate of drug-likeness (QED) is 0.579. The van der Waals surface area contributed by atoms with E-state index < -0.39 is 27.9 Å². The molecule has 2 aromatic rings. The second-order valence-electron chi connectivity index (χ2n) is 5.65. The average molecular weight is 382 g/mol. The van der Waals surface area contributed by atoms with E-state index in [0.717, 1.165) is 12.1 Å². The summed E-state index contributed by atoms with van der Waals surface area (Å²) in [5.74, 6) is 0.128. The lowest BCUT2D eigenvalue weighted by molar-refractivity contribution is -0.384. The third-order valence-corrected chi connectivity index (χ3v) is 5.22. The molecule has 5 nitrogen and oxygen atoms in total. The van der Waals surface area contributed by atoms with Crippen LogP contribution in [0.1, 0.15) is 26.9 Å². The van der Waals surface area contributed by atoms with Gasteiger partial charge in [-0.15, -0.1) is 11.8 Å². The van der Waals surface area contributed by atoms with Gasteiger partial charge in [0.15, 0.2) is 0 Å². The van der Waals surface area contributed by atoms with E-state index in [9.17, 15) is 28.1 Å². The second-order valence-corrected chi connectivity index (χ2v) is 6.84. The van der Waals surface area contributed by atoms with Crippen molar-refractivity contribution in [2.75, 3.05) is 12.3 Å². The molecule has 9 heteroatoms. The van der Waals surface area contributed by atoms with Crippen molar-refractivity contribution in [2.24, 2.45) is 0 Å². The van der Waals surface area contributed by atoms with E-state index in [4.69, 9.17) is 0 Å². The van der Waals surface area contributed by atoms with Gasteiger partial charge in [0.25, 0.3) is 11.6 Å². The van der Waals surface area contributed by atoms with Crippen LogP contribution >= 0.6 is 11.8 Å². The molecule has 3 rings (SSSR count). The van der Waals surface area contributed by atoms with Crippen molar-refractivity contribution in [1.29, 1.82) is 0 Å². The molecule has 26 heavy (non-hydrogen) atoms. The number of thioether (sulfide) groups is 1. The Bertz CT molecular complexity index is 857. The number of rotatable bonds is 3. The predicted molar refractivity (Wildman–Crippen MR) is 90.8 cm³/mol. The van der Waals surface area contributed by atoms with Crippen molar-refractivity contribution in [3.05, 3.63) is 75.3 Å². The molecule has 1 aliphatic heterocycles. The molecule has 1 aliphatic rings. The number of nitro benzene ring substituents is 1. The smallest absolute Gasteiger partial charge is 0.322 e. The topological polar surface area (TPSA) is 63.4 Å². The normalized spacial score (nSPS) is 17.3. The highest BCUT2D eigenvalue weighted by Gasteiger charge is 2.35. The van der Waals surface area contributed by atoms with Gasteiger partial charge in [0, 0.05) is 30.0 Å². The van der Waals surface area contributed by atoms with E-state index >= 15 is 0 Å². The lowest BCUT2D eigenvalue weighted by Gasteiger charge is -2.24. The number of hydrogen-bond donors (Lipinski definition) is 0. The Balaban J connectivity index is 1.90. The maximum absolute atomic E-state index is 12.9. The standard InChI is InChI=1S/C17H13F3N2O3S/c18-17(19,20)13-5-1-4-12(9-13)16-21(7-8-26-16)15(23)11-3-2-6-14(10-11)22(24)25/h1-6,9-10,16H,7-8H2. The molecule has 1 amide bonds. The highest BCUT2D eigenvalue weighted by atomic mass is 32.2. The van der Waals surface area contributed by atoms with Gasteiger partial charge >= 0.3 is 6.18 Å². The first-order chi connectivity index (χ1) is 12.3. The number of hydrogen-bond acceptors (Lipinski definition) is 4. The summed E-state index contributed by atoms with van der Waals surface area (Å²) in [7, 11) is 0. The maximum atomic E-state index is 12.9. The van der Waals surface area contributed by atoms with Crippen molar-refractivity contribution in [3.8, 4) is 0 Å². The van der Waals surface area contributed by atoms with E-state index in [1.165, 1.54) is 47.0 Å². The molecular weight excluding hydrogens is 369 g/mol. The summed E-state index contributed by atoms with van der Waals surface area (Å²) in [6.07, 6.45) is -4.46. The van der Waals surface area contributed by atoms with Gasteiger partial charge in [0.2, 0.25) is 0 Å². The molecule has 0 aliphatic carbocycles. The van der Waals surface area contributed by atoms with Crippen LogP contribution in [0.2, 0.25) is 0 Å². The zero-order valence-electron chi connectivity index (χ0n) is 13.3. The van der Waals surface area contributed by atoms with Gasteiger partial charge in [-0.05, 0) is 23.8 Å². The monoisotopic (exact) mass is 382 g/mol. The van der Waals surface area contributed by atoms with Gasteiger partial charge < -0.3 is 4.90 Å². The average Bonchev–Trinajstić information content (AvgIpc) is 3.10. The van der Waals surface area contributed by atoms with Crippen LogP contribution in [0.3, 0.4) is 0 Å². The predicted octanol–water partition coefficient (Wildman–Crippen LogP) is 4.50. The van der Waals surface area contributed by atoms with Crippen LogP contribution in [0.25, 0.3) is 0 Å². The van der Waals surface area contributed by atoms with Gasteiger partial charge in [-0.25, -0.2) is 0 Å². The van der Waals surface area contributed by atoms with Crippen LogP contribution in [0, 0.1) is 10.1 Å². The molecule has 1 atom stereocenters. The fourth-order valence-electron chi connectivity index (χ4n) is 2.74. The highest BCUT2D eigenvalue weighted by molar-refractivity contribution is 7.99. The van der Waals surface area contributed by atoms with E-state index in [1.807, 2.05) is 0 Å². The molecule has 136 valence electrons. The molecule has 0 spiro atoms. The summed E-state index contributed by atoms with van der Waals surface area (Å²) >= 11 is 1.36. The fraction of sp³-hybridized carbons (Fsp3) is 0.235. The van der Waals surface area contributed by atoms with Crippen LogP contribution in [0.5, 0.6) is 0 Å². The minimum absolute atomic E-state index is 0.138. The molecule has 0 radical (unpaired) electrons. The van der Waals surface area contributed by atoms with Crippen LogP contribution in [-0.2, 0) is 6.18 Å². The zero-order chi connectivity index (χ0) is 18.9. The summed E-state index contributed by atoms with van der Waals surface area (Å²) in [6.45, 7) is 0.354. The number of halogens is 3. The van der Waals surface area contributed by atoms with Gasteiger partial charge in [-0.1, -0.05) is 18.2 Å². The third-order valence-electron chi connectivity index (χ3n) is 3.95. The van der Waals surface area contributed by atoms with Crippen molar-refractivity contribution in [3.63, 3.8) is 0 Å². The van der Waals surface area contributed by atoms with Crippen LogP contribution in [0.15, 0.2) is 48.5 Å². The Labute approximate surface area is 151 Å². The van der Waals surface area contributed by atoms with E-state index in [1.54, 1.807) is 6.07 Å². The number of nitrogens with zero attached hydrogens (tertiary/aromatic N) is 2. The number of non-ortho nitro benzene ring substituents is 1. The number of amides is 1. The molecule has 0 aromatic heterocycles. The summed E-state index contributed by atoms with van der Waals surface area (Å²) < 4.78 is 38.8. The van der Waals surface area contributed by atoms with Crippen LogP contribution < -0.4 is 0 Å². The van der Waals surface area contributed by atoms with Crippen LogP contribution in [-0.4, -0.2) is 28.0 Å². The number of carbonyl (C=O) groups excluding carboxylic acids is 1. The summed E-state index contributed by atoms with van der Waals surface area (Å²) in [6, 6.07) is 10.2. The number of alkyl halides is 3. The molecule has 1 heterocycles. The first kappa shape index (κ1) is 18.2. The number of benzene rings is 2. The number of carbonyl (C=O) groups is 1. The summed E-state index contributed by atoms with van der Waals surface area (Å²) in [5, 5.41) is 10.3. The lowest BCUT2D eigenvalue weighted by atomic mass is 10.1. The molecule has 1 unspecified atom stereocenters. The SMILES string of the molecule is O=C(c1cccc([N+](=O)[O-])c1)N1CCSC1c1cccc(C(F)(F)F)c1. The minimum Gasteiger partial charge on any atom is -0.322 e. The first-order valence-corrected chi connectivity index (χ1v) is 8.66. The fourth-order valence-corrected chi connectivity index (χ4v) is 3.99. The Kier molecular flexibility index (Phi) is 4.90. The van der Waals surface area contributed by atoms with Gasteiger partial charge in [0.1, 0.15) is 5.37 Å². The Morgan fingerprint density at radius 1 is 1.19 bits per heavy atom. The molecule has 0 N–H and O–H groups in total. The van der Waals surface area contributed by atoms with E-state index in [2.05, 4.69) is 0 Å². The maximum Gasteiger partial charge on any atom is 0.416 e. The second kappa shape index (κ2) is 6.99. The first-order valence-electron chi connectivity index (χ1n) is 7.61. The summed E-state index contributed by atoms with van der Waals surface area (Å²) in [4.78, 5) is 24.5. The minimum atomic E-state index is -4.46. The van der Waals surface area contributed by atoms with Crippen molar-refractivity contribution in [1.82, 2.24) is 4.90 Å². The van der Waals surface area contributed by atoms with Crippen molar-refractivity contribution < 1.29 is 22.9 Å². The van der Waals surface area contributed by atoms with E-state index in [-0.39, 0.29) is 11.3 Å².